The van der Waals surface area contributed by atoms with E-state index in [1.165, 1.54) is 5.56 Å². The monoisotopic (exact) mass is 299 g/mol. The van der Waals surface area contributed by atoms with E-state index in [-0.39, 0.29) is 5.91 Å². The first-order valence-electron chi connectivity index (χ1n) is 7.22. The van der Waals surface area contributed by atoms with Gasteiger partial charge in [0.1, 0.15) is 18.1 Å². The van der Waals surface area contributed by atoms with E-state index in [1.54, 1.807) is 31.4 Å². The topological polar surface area (TPSA) is 47.6 Å². The summed E-state index contributed by atoms with van der Waals surface area (Å²) in [7, 11) is 1.58. The molecular formula is C18H21NO3. The summed E-state index contributed by atoms with van der Waals surface area (Å²) in [5, 5.41) is 2.83. The third-order valence-corrected chi connectivity index (χ3v) is 3.31. The molecule has 0 aliphatic rings. The molecule has 0 aliphatic carbocycles. The van der Waals surface area contributed by atoms with Crippen LogP contribution in [0.1, 0.15) is 21.5 Å². The molecule has 0 aromatic heterocycles. The van der Waals surface area contributed by atoms with E-state index in [4.69, 9.17) is 9.47 Å². The molecule has 22 heavy (non-hydrogen) atoms. The summed E-state index contributed by atoms with van der Waals surface area (Å²) < 4.78 is 10.8. The van der Waals surface area contributed by atoms with Gasteiger partial charge in [0.15, 0.2) is 0 Å². The highest BCUT2D eigenvalue weighted by Crippen LogP contribution is 2.18. The fourth-order valence-corrected chi connectivity index (χ4v) is 2.15. The molecule has 4 nitrogen and oxygen atoms in total. The minimum atomic E-state index is -0.136. The van der Waals surface area contributed by atoms with Crippen LogP contribution in [0.25, 0.3) is 0 Å². The number of hydrogen-bond acceptors (Lipinski definition) is 3. The van der Waals surface area contributed by atoms with Crippen LogP contribution in [0.4, 0.5) is 0 Å². The number of carbonyl (C=O) groups is 1. The second kappa shape index (κ2) is 7.50. The van der Waals surface area contributed by atoms with Crippen LogP contribution < -0.4 is 14.8 Å². The Morgan fingerprint density at radius 2 is 1.95 bits per heavy atom. The minimum Gasteiger partial charge on any atom is -0.497 e. The molecule has 0 radical (unpaired) electrons. The molecule has 2 aromatic rings. The Kier molecular flexibility index (Phi) is 5.42. The maximum absolute atomic E-state index is 12.0. The number of carbonyl (C=O) groups excluding carboxylic acids is 1. The van der Waals surface area contributed by atoms with Crippen molar-refractivity contribution in [3.8, 4) is 11.5 Å². The summed E-state index contributed by atoms with van der Waals surface area (Å²) in [4.78, 5) is 12.0. The van der Waals surface area contributed by atoms with Crippen LogP contribution in [-0.2, 0) is 0 Å². The second-order valence-corrected chi connectivity index (χ2v) is 5.11. The summed E-state index contributed by atoms with van der Waals surface area (Å²) in [5.74, 6) is 1.38. The van der Waals surface area contributed by atoms with Crippen LogP contribution in [-0.4, -0.2) is 26.2 Å². The summed E-state index contributed by atoms with van der Waals surface area (Å²) >= 11 is 0. The first-order valence-corrected chi connectivity index (χ1v) is 7.22. The molecule has 0 spiro atoms. The normalized spacial score (nSPS) is 10.1. The third kappa shape index (κ3) is 4.25. The van der Waals surface area contributed by atoms with Gasteiger partial charge in [0, 0.05) is 5.56 Å². The van der Waals surface area contributed by atoms with Crippen molar-refractivity contribution in [2.45, 2.75) is 13.8 Å². The van der Waals surface area contributed by atoms with Crippen molar-refractivity contribution in [3.63, 3.8) is 0 Å². The first-order chi connectivity index (χ1) is 10.6. The molecule has 1 N–H and O–H groups in total. The van der Waals surface area contributed by atoms with Crippen LogP contribution in [0.3, 0.4) is 0 Å². The zero-order chi connectivity index (χ0) is 15.9. The van der Waals surface area contributed by atoms with Gasteiger partial charge in [-0.05, 0) is 43.7 Å². The highest BCUT2D eigenvalue weighted by molar-refractivity contribution is 5.94. The fourth-order valence-electron chi connectivity index (χ4n) is 2.15. The highest BCUT2D eigenvalue weighted by Gasteiger charge is 2.06. The summed E-state index contributed by atoms with van der Waals surface area (Å²) in [5.41, 5.74) is 2.88. The van der Waals surface area contributed by atoms with E-state index in [2.05, 4.69) is 11.4 Å². The van der Waals surface area contributed by atoms with E-state index in [0.717, 1.165) is 11.3 Å². The molecule has 2 aromatic carbocycles. The van der Waals surface area contributed by atoms with Crippen LogP contribution in [0.5, 0.6) is 11.5 Å². The summed E-state index contributed by atoms with van der Waals surface area (Å²) in [6, 6.07) is 13.1. The van der Waals surface area contributed by atoms with E-state index >= 15 is 0 Å². The number of methoxy groups -OCH3 is 1. The van der Waals surface area contributed by atoms with E-state index in [0.29, 0.717) is 24.5 Å². The fraction of sp³-hybridized carbons (Fsp3) is 0.278. The van der Waals surface area contributed by atoms with Crippen LogP contribution >= 0.6 is 0 Å². The molecule has 0 saturated carbocycles. The predicted octanol–water partition coefficient (Wildman–Crippen LogP) is 3.12. The van der Waals surface area contributed by atoms with Crippen LogP contribution in [0.15, 0.2) is 42.5 Å². The molecule has 4 heteroatoms. The lowest BCUT2D eigenvalue weighted by Crippen LogP contribution is -2.28. The maximum Gasteiger partial charge on any atom is 0.251 e. The molecular weight excluding hydrogens is 278 g/mol. The molecule has 0 bridgehead atoms. The Bertz CT molecular complexity index is 653. The average molecular weight is 299 g/mol. The van der Waals surface area contributed by atoms with Gasteiger partial charge in [-0.25, -0.2) is 0 Å². The number of benzene rings is 2. The Morgan fingerprint density at radius 3 is 2.68 bits per heavy atom. The molecule has 0 fully saturated rings. The van der Waals surface area contributed by atoms with E-state index < -0.39 is 0 Å². The van der Waals surface area contributed by atoms with Gasteiger partial charge in [0.25, 0.3) is 5.91 Å². The van der Waals surface area contributed by atoms with E-state index in [9.17, 15) is 4.79 Å². The SMILES string of the molecule is COc1cccc(C(=O)NCCOc2ccc(C)cc2C)c1. The Morgan fingerprint density at radius 1 is 1.14 bits per heavy atom. The van der Waals surface area contributed by atoms with Gasteiger partial charge in [0.05, 0.1) is 13.7 Å². The molecule has 0 aliphatic heterocycles. The number of ether oxygens (including phenoxy) is 2. The number of nitrogens with one attached hydrogen (secondary N) is 1. The van der Waals surface area contributed by atoms with E-state index in [1.807, 2.05) is 26.0 Å². The quantitative estimate of drug-likeness (QED) is 0.834. The third-order valence-electron chi connectivity index (χ3n) is 3.31. The highest BCUT2D eigenvalue weighted by atomic mass is 16.5. The lowest BCUT2D eigenvalue weighted by atomic mass is 10.1. The summed E-state index contributed by atoms with van der Waals surface area (Å²) in [6.45, 7) is 4.94. The second-order valence-electron chi connectivity index (χ2n) is 5.11. The van der Waals surface area contributed by atoms with Crippen molar-refractivity contribution in [1.29, 1.82) is 0 Å². The van der Waals surface area contributed by atoms with Gasteiger partial charge in [0.2, 0.25) is 0 Å². The number of aryl methyl sites for hydroxylation is 2. The first kappa shape index (κ1) is 15.9. The lowest BCUT2D eigenvalue weighted by Gasteiger charge is -2.11. The van der Waals surface area contributed by atoms with Crippen molar-refractivity contribution in [1.82, 2.24) is 5.32 Å². The van der Waals surface area contributed by atoms with Gasteiger partial charge in [-0.2, -0.15) is 0 Å². The lowest BCUT2D eigenvalue weighted by molar-refractivity contribution is 0.0946. The van der Waals surface area contributed by atoms with Crippen LogP contribution in [0, 0.1) is 13.8 Å². The van der Waals surface area contributed by atoms with Crippen molar-refractivity contribution >= 4 is 5.91 Å². The van der Waals surface area contributed by atoms with Crippen molar-refractivity contribution in [2.24, 2.45) is 0 Å². The molecule has 0 saturated heterocycles. The standard InChI is InChI=1S/C18H21NO3/c1-13-7-8-17(14(2)11-13)22-10-9-19-18(20)15-5-4-6-16(12-15)21-3/h4-8,11-12H,9-10H2,1-3H3,(H,19,20). The number of hydrogen-bond donors (Lipinski definition) is 1. The van der Waals surface area contributed by atoms with Crippen molar-refractivity contribution in [2.75, 3.05) is 20.3 Å². The van der Waals surface area contributed by atoms with Gasteiger partial charge < -0.3 is 14.8 Å². The largest absolute Gasteiger partial charge is 0.497 e. The van der Waals surface area contributed by atoms with Gasteiger partial charge >= 0.3 is 0 Å². The number of rotatable bonds is 6. The Balaban J connectivity index is 1.82. The number of amides is 1. The Hall–Kier alpha value is -2.49. The smallest absolute Gasteiger partial charge is 0.251 e. The summed E-state index contributed by atoms with van der Waals surface area (Å²) in [6.07, 6.45) is 0. The molecule has 1 amide bonds. The van der Waals surface area contributed by atoms with Crippen molar-refractivity contribution in [3.05, 3.63) is 59.2 Å². The maximum atomic E-state index is 12.0. The molecule has 0 unspecified atom stereocenters. The Labute approximate surface area is 131 Å². The molecule has 116 valence electrons. The van der Waals surface area contributed by atoms with Crippen molar-refractivity contribution < 1.29 is 14.3 Å². The zero-order valence-electron chi connectivity index (χ0n) is 13.2. The predicted molar refractivity (Wildman–Crippen MR) is 86.7 cm³/mol. The molecule has 0 atom stereocenters. The van der Waals surface area contributed by atoms with Gasteiger partial charge in [-0.3, -0.25) is 4.79 Å². The average Bonchev–Trinajstić information content (AvgIpc) is 2.53. The zero-order valence-corrected chi connectivity index (χ0v) is 13.2. The van der Waals surface area contributed by atoms with Gasteiger partial charge in [-0.1, -0.05) is 23.8 Å². The van der Waals surface area contributed by atoms with Gasteiger partial charge in [-0.15, -0.1) is 0 Å². The molecule has 0 heterocycles. The molecule has 2 rings (SSSR count). The minimum absolute atomic E-state index is 0.136. The van der Waals surface area contributed by atoms with Crippen LogP contribution in [0.2, 0.25) is 0 Å².